The lowest BCUT2D eigenvalue weighted by molar-refractivity contribution is 0.976. The van der Waals surface area contributed by atoms with Gasteiger partial charge in [-0.15, -0.1) is 0 Å². The number of pyridine rings is 2. The molecule has 0 atom stereocenters. The van der Waals surface area contributed by atoms with Crippen molar-refractivity contribution >= 4 is 43.2 Å². The van der Waals surface area contributed by atoms with E-state index in [1.807, 2.05) is 28.8 Å². The van der Waals surface area contributed by atoms with E-state index in [2.05, 4.69) is 53.3 Å². The molecule has 0 bridgehead atoms. The van der Waals surface area contributed by atoms with Gasteiger partial charge in [-0.2, -0.15) is 0 Å². The highest BCUT2D eigenvalue weighted by Gasteiger charge is 2.05. The number of nitrogens with one attached hydrogen (secondary N) is 1. The monoisotopic (exact) mass is 394 g/mol. The quantitative estimate of drug-likeness (QED) is 0.728. The summed E-state index contributed by atoms with van der Waals surface area (Å²) in [6.45, 7) is 0.811. The van der Waals surface area contributed by atoms with Crippen LogP contribution in [0.3, 0.4) is 0 Å². The average Bonchev–Trinajstić information content (AvgIpc) is 2.84. The normalized spacial score (nSPS) is 10.9. The van der Waals surface area contributed by atoms with Crippen molar-refractivity contribution < 1.29 is 0 Å². The van der Waals surface area contributed by atoms with Gasteiger partial charge in [-0.3, -0.25) is 4.98 Å². The van der Waals surface area contributed by atoms with Crippen molar-refractivity contribution in [2.24, 2.45) is 0 Å². The van der Waals surface area contributed by atoms with Gasteiger partial charge in [0.1, 0.15) is 5.65 Å². The molecule has 3 aromatic rings. The smallest absolute Gasteiger partial charge is 0.136 e. The number of imidazole rings is 1. The molecule has 0 aliphatic carbocycles. The molecule has 3 rings (SSSR count). The van der Waals surface area contributed by atoms with E-state index in [4.69, 9.17) is 0 Å². The lowest BCUT2D eigenvalue weighted by Gasteiger charge is -2.09. The lowest BCUT2D eigenvalue weighted by atomic mass is 10.3. The van der Waals surface area contributed by atoms with Crippen LogP contribution in [-0.2, 0) is 6.42 Å². The van der Waals surface area contributed by atoms with Crippen LogP contribution >= 0.6 is 31.9 Å². The van der Waals surface area contributed by atoms with Crippen LogP contribution in [0.5, 0.6) is 0 Å². The molecule has 3 aromatic heterocycles. The van der Waals surface area contributed by atoms with Crippen LogP contribution in [-0.4, -0.2) is 20.9 Å². The Balaban J connectivity index is 1.68. The second kappa shape index (κ2) is 5.93. The first-order valence-electron chi connectivity index (χ1n) is 6.19. The summed E-state index contributed by atoms with van der Waals surface area (Å²) in [5, 5.41) is 3.39. The van der Waals surface area contributed by atoms with Gasteiger partial charge < -0.3 is 9.72 Å². The van der Waals surface area contributed by atoms with Crippen LogP contribution < -0.4 is 5.32 Å². The van der Waals surface area contributed by atoms with Crippen molar-refractivity contribution in [3.63, 3.8) is 0 Å². The molecule has 0 aromatic carbocycles. The minimum atomic E-state index is 0.811. The van der Waals surface area contributed by atoms with E-state index in [1.54, 1.807) is 12.4 Å². The number of hydrogen-bond acceptors (Lipinski definition) is 3. The molecule has 0 saturated heterocycles. The summed E-state index contributed by atoms with van der Waals surface area (Å²) in [6.07, 6.45) is 8.49. The summed E-state index contributed by atoms with van der Waals surface area (Å²) in [5.41, 5.74) is 3.07. The third-order valence-electron chi connectivity index (χ3n) is 2.95. The fourth-order valence-electron chi connectivity index (χ4n) is 2.00. The number of nitrogens with zero attached hydrogens (tertiary/aromatic N) is 3. The van der Waals surface area contributed by atoms with Crippen LogP contribution in [0.25, 0.3) is 5.65 Å². The van der Waals surface area contributed by atoms with E-state index in [9.17, 15) is 0 Å². The molecule has 0 radical (unpaired) electrons. The van der Waals surface area contributed by atoms with Crippen molar-refractivity contribution in [1.29, 1.82) is 0 Å². The highest BCUT2D eigenvalue weighted by Crippen LogP contribution is 2.29. The molecule has 3 heterocycles. The average molecular weight is 396 g/mol. The van der Waals surface area contributed by atoms with Gasteiger partial charge in [0.25, 0.3) is 0 Å². The largest absolute Gasteiger partial charge is 0.383 e. The van der Waals surface area contributed by atoms with Crippen molar-refractivity contribution in [3.8, 4) is 0 Å². The zero-order chi connectivity index (χ0) is 13.9. The van der Waals surface area contributed by atoms with Gasteiger partial charge in [0.05, 0.1) is 20.3 Å². The number of halogens is 2. The van der Waals surface area contributed by atoms with Gasteiger partial charge in [-0.25, -0.2) is 4.98 Å². The zero-order valence-corrected chi connectivity index (χ0v) is 13.7. The van der Waals surface area contributed by atoms with E-state index in [0.29, 0.717) is 0 Å². The predicted molar refractivity (Wildman–Crippen MR) is 87.0 cm³/mol. The summed E-state index contributed by atoms with van der Waals surface area (Å²) < 4.78 is 3.93. The van der Waals surface area contributed by atoms with Crippen LogP contribution in [0.15, 0.2) is 51.9 Å². The summed E-state index contributed by atoms with van der Waals surface area (Å²) in [7, 11) is 0. The van der Waals surface area contributed by atoms with Gasteiger partial charge >= 0.3 is 0 Å². The maximum Gasteiger partial charge on any atom is 0.136 e. The first-order valence-corrected chi connectivity index (χ1v) is 7.78. The minimum Gasteiger partial charge on any atom is -0.383 e. The number of fused-ring (bicyclic) bond motifs is 1. The summed E-state index contributed by atoms with van der Waals surface area (Å²) in [5.74, 6) is 0. The van der Waals surface area contributed by atoms with Gasteiger partial charge in [-0.05, 0) is 44.0 Å². The molecule has 0 saturated carbocycles. The van der Waals surface area contributed by atoms with Crippen LogP contribution in [0, 0.1) is 0 Å². The van der Waals surface area contributed by atoms with Crippen molar-refractivity contribution in [2.45, 2.75) is 6.42 Å². The van der Waals surface area contributed by atoms with Gasteiger partial charge in [-0.1, -0.05) is 6.07 Å². The van der Waals surface area contributed by atoms with E-state index in [1.165, 1.54) is 0 Å². The molecule has 102 valence electrons. The van der Waals surface area contributed by atoms with Crippen LogP contribution in [0.4, 0.5) is 5.69 Å². The number of anilines is 1. The summed E-state index contributed by atoms with van der Waals surface area (Å²) in [6, 6.07) is 6.00. The molecule has 0 unspecified atom stereocenters. The molecular weight excluding hydrogens is 384 g/mol. The highest BCUT2D eigenvalue weighted by molar-refractivity contribution is 9.11. The van der Waals surface area contributed by atoms with Crippen molar-refractivity contribution in [2.75, 3.05) is 11.9 Å². The fourth-order valence-corrected chi connectivity index (χ4v) is 3.21. The standard InChI is InChI=1S/C14H12Br2N4/c15-11-7-17-8-12(16)14(11)18-5-4-10-9-20-6-2-1-3-13(20)19-10/h1-3,6-9H,4-5H2,(H,17,18). The molecule has 0 fully saturated rings. The maximum absolute atomic E-state index is 4.58. The van der Waals surface area contributed by atoms with Gasteiger partial charge in [0, 0.05) is 37.8 Å². The predicted octanol–water partition coefficient (Wildman–Crippen LogP) is 3.91. The molecule has 0 spiro atoms. The van der Waals surface area contributed by atoms with E-state index in [0.717, 1.165) is 38.9 Å². The van der Waals surface area contributed by atoms with Gasteiger partial charge in [0.2, 0.25) is 0 Å². The number of hydrogen-bond donors (Lipinski definition) is 1. The van der Waals surface area contributed by atoms with Crippen LogP contribution in [0.1, 0.15) is 5.69 Å². The Hall–Kier alpha value is -1.40. The molecule has 0 aliphatic heterocycles. The second-order valence-corrected chi connectivity index (χ2v) is 6.06. The Kier molecular flexibility index (Phi) is 4.03. The molecule has 1 N–H and O–H groups in total. The summed E-state index contributed by atoms with van der Waals surface area (Å²) in [4.78, 5) is 8.67. The van der Waals surface area contributed by atoms with Crippen LogP contribution in [0.2, 0.25) is 0 Å². The Morgan fingerprint density at radius 2 is 1.95 bits per heavy atom. The third-order valence-corrected chi connectivity index (χ3v) is 4.15. The molecular formula is C14H12Br2N4. The summed E-state index contributed by atoms with van der Waals surface area (Å²) >= 11 is 6.97. The molecule has 4 nitrogen and oxygen atoms in total. The van der Waals surface area contributed by atoms with Crippen molar-refractivity contribution in [1.82, 2.24) is 14.4 Å². The Morgan fingerprint density at radius 1 is 1.15 bits per heavy atom. The van der Waals surface area contributed by atoms with Gasteiger partial charge in [0.15, 0.2) is 0 Å². The molecule has 0 amide bonds. The minimum absolute atomic E-state index is 0.811. The molecule has 6 heteroatoms. The van der Waals surface area contributed by atoms with E-state index >= 15 is 0 Å². The lowest BCUT2D eigenvalue weighted by Crippen LogP contribution is -2.06. The Morgan fingerprint density at radius 3 is 2.70 bits per heavy atom. The van der Waals surface area contributed by atoms with Crippen molar-refractivity contribution in [3.05, 3.63) is 57.6 Å². The molecule has 20 heavy (non-hydrogen) atoms. The second-order valence-electron chi connectivity index (χ2n) is 4.35. The number of rotatable bonds is 4. The Labute approximate surface area is 133 Å². The first-order chi connectivity index (χ1) is 9.74. The fraction of sp³-hybridized carbons (Fsp3) is 0.143. The highest BCUT2D eigenvalue weighted by atomic mass is 79.9. The number of aromatic nitrogens is 3. The SMILES string of the molecule is Brc1cncc(Br)c1NCCc1cn2ccccc2n1. The zero-order valence-electron chi connectivity index (χ0n) is 10.6. The topological polar surface area (TPSA) is 42.2 Å². The first kappa shape index (κ1) is 13.6. The Bertz CT molecular complexity index is 686. The maximum atomic E-state index is 4.58. The molecule has 0 aliphatic rings. The third kappa shape index (κ3) is 2.86. The van der Waals surface area contributed by atoms with E-state index in [-0.39, 0.29) is 0 Å². The van der Waals surface area contributed by atoms with E-state index < -0.39 is 0 Å².